The molecule has 6 nitrogen and oxygen atoms in total. The van der Waals surface area contributed by atoms with Crippen molar-refractivity contribution in [3.8, 4) is 0 Å². The number of amides is 1. The monoisotopic (exact) mass is 364 g/mol. The molecular weight excluding hydrogens is 340 g/mol. The highest BCUT2D eigenvalue weighted by Crippen LogP contribution is 2.21. The van der Waals surface area contributed by atoms with E-state index >= 15 is 0 Å². The molecule has 0 aliphatic carbocycles. The fraction of sp³-hybridized carbons (Fsp3) is 0.381. The summed E-state index contributed by atoms with van der Waals surface area (Å²) >= 11 is 0. The van der Waals surface area contributed by atoms with Crippen LogP contribution < -0.4 is 5.56 Å². The highest BCUT2D eigenvalue weighted by atomic mass is 16.2. The minimum Gasteiger partial charge on any atom is -0.341 e. The van der Waals surface area contributed by atoms with Gasteiger partial charge in [0.05, 0.1) is 0 Å². The molecule has 3 aromatic rings. The number of nitrogens with zero attached hydrogens (tertiary/aromatic N) is 4. The number of carbonyl (C=O) groups is 1. The number of rotatable bonds is 4. The van der Waals surface area contributed by atoms with Crippen molar-refractivity contribution in [2.24, 2.45) is 5.92 Å². The van der Waals surface area contributed by atoms with Crippen LogP contribution in [-0.4, -0.2) is 38.1 Å². The van der Waals surface area contributed by atoms with Crippen LogP contribution in [0.5, 0.6) is 0 Å². The SMILES string of the molecule is Cc1nn(CC(=O)N2CCC(Cc3ccccc3)CC2)c(=O)c2cccn12. The number of aromatic nitrogens is 3. The molecule has 140 valence electrons. The Balaban J connectivity index is 1.39. The van der Waals surface area contributed by atoms with Crippen LogP contribution in [-0.2, 0) is 17.8 Å². The maximum absolute atomic E-state index is 12.7. The van der Waals surface area contributed by atoms with E-state index in [1.54, 1.807) is 10.5 Å². The van der Waals surface area contributed by atoms with E-state index in [9.17, 15) is 9.59 Å². The summed E-state index contributed by atoms with van der Waals surface area (Å²) in [4.78, 5) is 27.1. The van der Waals surface area contributed by atoms with E-state index < -0.39 is 0 Å². The molecule has 6 heteroatoms. The van der Waals surface area contributed by atoms with Crippen molar-refractivity contribution in [2.75, 3.05) is 13.1 Å². The van der Waals surface area contributed by atoms with Gasteiger partial charge in [-0.25, -0.2) is 4.68 Å². The lowest BCUT2D eigenvalue weighted by Crippen LogP contribution is -2.42. The first-order chi connectivity index (χ1) is 13.1. The summed E-state index contributed by atoms with van der Waals surface area (Å²) in [6.45, 7) is 3.34. The van der Waals surface area contributed by atoms with Crippen molar-refractivity contribution < 1.29 is 4.79 Å². The summed E-state index contributed by atoms with van der Waals surface area (Å²) in [7, 11) is 0. The number of benzene rings is 1. The largest absolute Gasteiger partial charge is 0.341 e. The summed E-state index contributed by atoms with van der Waals surface area (Å²) in [5, 5.41) is 4.30. The second kappa shape index (κ2) is 7.39. The molecule has 1 aliphatic heterocycles. The number of piperidine rings is 1. The molecule has 0 radical (unpaired) electrons. The van der Waals surface area contributed by atoms with Gasteiger partial charge in [0.1, 0.15) is 17.9 Å². The Morgan fingerprint density at radius 3 is 2.59 bits per heavy atom. The third kappa shape index (κ3) is 3.65. The molecule has 3 heterocycles. The standard InChI is InChI=1S/C21H24N4O2/c1-16-22-25(21(27)19-8-5-11-24(16)19)15-20(26)23-12-9-18(10-13-23)14-17-6-3-2-4-7-17/h2-8,11,18H,9-10,12-15H2,1H3. The van der Waals surface area contributed by atoms with Crippen LogP contribution in [0.1, 0.15) is 24.2 Å². The van der Waals surface area contributed by atoms with Crippen molar-refractivity contribution in [3.05, 3.63) is 70.4 Å². The Bertz CT molecular complexity index is 998. The average molecular weight is 364 g/mol. The van der Waals surface area contributed by atoms with E-state index in [2.05, 4.69) is 29.4 Å². The van der Waals surface area contributed by atoms with E-state index in [1.807, 2.05) is 30.2 Å². The fourth-order valence-corrected chi connectivity index (χ4v) is 3.91. The molecule has 2 aromatic heterocycles. The summed E-state index contributed by atoms with van der Waals surface area (Å²) < 4.78 is 3.04. The first-order valence-corrected chi connectivity index (χ1v) is 9.48. The molecule has 1 fully saturated rings. The van der Waals surface area contributed by atoms with Gasteiger partial charge in [0.25, 0.3) is 5.56 Å². The van der Waals surface area contributed by atoms with Gasteiger partial charge in [0.2, 0.25) is 5.91 Å². The van der Waals surface area contributed by atoms with E-state index in [-0.39, 0.29) is 18.0 Å². The predicted molar refractivity (Wildman–Crippen MR) is 104 cm³/mol. The maximum Gasteiger partial charge on any atom is 0.291 e. The van der Waals surface area contributed by atoms with Gasteiger partial charge in [-0.05, 0) is 49.8 Å². The lowest BCUT2D eigenvalue weighted by Gasteiger charge is -2.32. The zero-order valence-corrected chi connectivity index (χ0v) is 15.5. The minimum atomic E-state index is -0.224. The van der Waals surface area contributed by atoms with E-state index in [1.165, 1.54) is 10.2 Å². The van der Waals surface area contributed by atoms with Crippen LogP contribution >= 0.6 is 0 Å². The average Bonchev–Trinajstić information content (AvgIpc) is 3.18. The van der Waals surface area contributed by atoms with E-state index in [0.29, 0.717) is 17.3 Å². The molecule has 1 aliphatic rings. The second-order valence-electron chi connectivity index (χ2n) is 7.29. The second-order valence-corrected chi connectivity index (χ2v) is 7.29. The van der Waals surface area contributed by atoms with Gasteiger partial charge in [-0.1, -0.05) is 30.3 Å². The van der Waals surface area contributed by atoms with Crippen LogP contribution in [0.4, 0.5) is 0 Å². The number of hydrogen-bond acceptors (Lipinski definition) is 3. The molecule has 27 heavy (non-hydrogen) atoms. The smallest absolute Gasteiger partial charge is 0.291 e. The number of hydrogen-bond donors (Lipinski definition) is 0. The first kappa shape index (κ1) is 17.5. The molecule has 0 N–H and O–H groups in total. The van der Waals surface area contributed by atoms with Crippen molar-refractivity contribution in [3.63, 3.8) is 0 Å². The van der Waals surface area contributed by atoms with Crippen LogP contribution in [0.15, 0.2) is 53.5 Å². The third-order valence-corrected chi connectivity index (χ3v) is 5.44. The highest BCUT2D eigenvalue weighted by molar-refractivity contribution is 5.76. The molecule has 0 saturated carbocycles. The Morgan fingerprint density at radius 1 is 1.11 bits per heavy atom. The number of carbonyl (C=O) groups excluding carboxylic acids is 1. The maximum atomic E-state index is 12.7. The van der Waals surface area contributed by atoms with Crippen molar-refractivity contribution >= 4 is 11.4 Å². The van der Waals surface area contributed by atoms with Gasteiger partial charge >= 0.3 is 0 Å². The molecular formula is C21H24N4O2. The van der Waals surface area contributed by atoms with Gasteiger partial charge in [0, 0.05) is 19.3 Å². The quantitative estimate of drug-likeness (QED) is 0.714. The lowest BCUT2D eigenvalue weighted by molar-refractivity contribution is -0.133. The topological polar surface area (TPSA) is 59.6 Å². The van der Waals surface area contributed by atoms with Gasteiger partial charge in [-0.3, -0.25) is 14.0 Å². The van der Waals surface area contributed by atoms with Crippen molar-refractivity contribution in [1.29, 1.82) is 0 Å². The van der Waals surface area contributed by atoms with Crippen molar-refractivity contribution in [2.45, 2.75) is 32.7 Å². The van der Waals surface area contributed by atoms with Crippen molar-refractivity contribution in [1.82, 2.24) is 19.1 Å². The first-order valence-electron chi connectivity index (χ1n) is 9.48. The molecule has 4 rings (SSSR count). The molecule has 0 atom stereocenters. The zero-order chi connectivity index (χ0) is 18.8. The van der Waals surface area contributed by atoms with Gasteiger partial charge in [-0.15, -0.1) is 0 Å². The van der Waals surface area contributed by atoms with Gasteiger partial charge in [0.15, 0.2) is 0 Å². The normalized spacial score (nSPS) is 15.4. The highest BCUT2D eigenvalue weighted by Gasteiger charge is 2.23. The predicted octanol–water partition coefficient (Wildman–Crippen LogP) is 2.29. The fourth-order valence-electron chi connectivity index (χ4n) is 3.91. The van der Waals surface area contributed by atoms with Crippen LogP contribution in [0, 0.1) is 12.8 Å². The summed E-state index contributed by atoms with van der Waals surface area (Å²) in [6.07, 6.45) is 4.87. The molecule has 1 saturated heterocycles. The number of aryl methyl sites for hydroxylation is 1. The molecule has 0 spiro atoms. The summed E-state index contributed by atoms with van der Waals surface area (Å²) in [5.41, 5.74) is 1.68. The zero-order valence-electron chi connectivity index (χ0n) is 15.5. The van der Waals surface area contributed by atoms with Gasteiger partial charge < -0.3 is 4.90 Å². The minimum absolute atomic E-state index is 0.00467. The van der Waals surface area contributed by atoms with Crippen LogP contribution in [0.3, 0.4) is 0 Å². The number of likely N-dealkylation sites (tertiary alicyclic amines) is 1. The van der Waals surface area contributed by atoms with E-state index in [0.717, 1.165) is 32.4 Å². The van der Waals surface area contributed by atoms with Crippen LogP contribution in [0.2, 0.25) is 0 Å². The molecule has 0 bridgehead atoms. The lowest BCUT2D eigenvalue weighted by atomic mass is 9.90. The summed E-state index contributed by atoms with van der Waals surface area (Å²) in [6, 6.07) is 14.1. The van der Waals surface area contributed by atoms with Gasteiger partial charge in [-0.2, -0.15) is 5.10 Å². The van der Waals surface area contributed by atoms with E-state index in [4.69, 9.17) is 0 Å². The third-order valence-electron chi connectivity index (χ3n) is 5.44. The Kier molecular flexibility index (Phi) is 4.79. The summed E-state index contributed by atoms with van der Waals surface area (Å²) in [5.74, 6) is 1.28. The Hall–Kier alpha value is -2.89. The molecule has 1 amide bonds. The molecule has 1 aromatic carbocycles. The number of fused-ring (bicyclic) bond motifs is 1. The molecule has 0 unspecified atom stereocenters. The Morgan fingerprint density at radius 2 is 1.85 bits per heavy atom. The Labute approximate surface area is 158 Å². The van der Waals surface area contributed by atoms with Crippen LogP contribution in [0.25, 0.3) is 5.52 Å².